The molecule has 1 aliphatic carbocycles. The van der Waals surface area contributed by atoms with Gasteiger partial charge in [0.05, 0.1) is 24.6 Å². The summed E-state index contributed by atoms with van der Waals surface area (Å²) in [6.07, 6.45) is 2.58. The van der Waals surface area contributed by atoms with E-state index in [0.717, 1.165) is 0 Å². The first-order valence-electron chi connectivity index (χ1n) is 10.4. The molecule has 1 fully saturated rings. The van der Waals surface area contributed by atoms with E-state index in [4.69, 9.17) is 0 Å². The highest BCUT2D eigenvalue weighted by molar-refractivity contribution is 5.93. The van der Waals surface area contributed by atoms with Crippen molar-refractivity contribution in [3.05, 3.63) is 42.4 Å². The number of aromatic amines is 1. The summed E-state index contributed by atoms with van der Waals surface area (Å²) in [5.41, 5.74) is 2.36. The Morgan fingerprint density at radius 1 is 1.18 bits per heavy atom. The van der Waals surface area contributed by atoms with E-state index in [1.54, 1.807) is 18.6 Å². The number of ether oxygens (including phenoxy) is 1. The molecule has 5 rings (SSSR count). The summed E-state index contributed by atoms with van der Waals surface area (Å²) < 4.78 is 57.3. The lowest BCUT2D eigenvalue weighted by molar-refractivity contribution is -0.345. The Kier molecular flexibility index (Phi) is 5.41. The van der Waals surface area contributed by atoms with Crippen LogP contribution >= 0.6 is 0 Å². The molecule has 4 heterocycles. The van der Waals surface area contributed by atoms with Crippen LogP contribution in [-0.2, 0) is 11.3 Å². The van der Waals surface area contributed by atoms with E-state index in [1.807, 2.05) is 0 Å². The summed E-state index contributed by atoms with van der Waals surface area (Å²) in [5.74, 6) is -0.166. The first-order valence-corrected chi connectivity index (χ1v) is 10.4. The fraction of sp³-hybridized carbons (Fsp3) is 0.381. The lowest BCUT2D eigenvalue weighted by Crippen LogP contribution is -2.33. The number of hydrogen-bond acceptors (Lipinski definition) is 6. The fourth-order valence-corrected chi connectivity index (χ4v) is 4.27. The Bertz CT molecular complexity index is 1290. The number of aliphatic hydroxyl groups excluding tert-OH is 1. The molecule has 12 heteroatoms. The van der Waals surface area contributed by atoms with Crippen molar-refractivity contribution in [3.8, 4) is 11.1 Å². The highest BCUT2D eigenvalue weighted by Crippen LogP contribution is 2.31. The number of nitrogens with one attached hydrogen (secondary N) is 2. The normalized spacial score (nSPS) is 19.4. The van der Waals surface area contributed by atoms with E-state index in [2.05, 4.69) is 30.0 Å². The summed E-state index contributed by atoms with van der Waals surface area (Å²) in [6, 6.07) is 1.30. The van der Waals surface area contributed by atoms with Gasteiger partial charge in [0.25, 0.3) is 0 Å². The summed E-state index contributed by atoms with van der Waals surface area (Å²) in [4.78, 5) is 15.8. The number of aliphatic hydroxyl groups is 1. The van der Waals surface area contributed by atoms with E-state index >= 15 is 0 Å². The zero-order valence-electron chi connectivity index (χ0n) is 17.2. The topological polar surface area (TPSA) is 100 Å². The van der Waals surface area contributed by atoms with Crippen molar-refractivity contribution in [2.45, 2.75) is 50.8 Å². The van der Waals surface area contributed by atoms with Crippen LogP contribution < -0.4 is 5.32 Å². The zero-order chi connectivity index (χ0) is 23.2. The van der Waals surface area contributed by atoms with Gasteiger partial charge in [0, 0.05) is 41.1 Å². The molecule has 3 N–H and O–H groups in total. The minimum Gasteiger partial charge on any atom is -0.390 e. The number of halogens is 4. The molecule has 8 nitrogen and oxygen atoms in total. The second-order valence-electron chi connectivity index (χ2n) is 8.02. The first kappa shape index (κ1) is 21.6. The van der Waals surface area contributed by atoms with Crippen molar-refractivity contribution in [1.29, 1.82) is 0 Å². The molecule has 174 valence electrons. The first-order chi connectivity index (χ1) is 15.8. The van der Waals surface area contributed by atoms with Crippen molar-refractivity contribution < 1.29 is 27.4 Å². The molecule has 0 aromatic carbocycles. The molecule has 0 spiro atoms. The number of alkyl halides is 3. The predicted octanol–water partition coefficient (Wildman–Crippen LogP) is 4.16. The van der Waals surface area contributed by atoms with Gasteiger partial charge in [-0.1, -0.05) is 0 Å². The highest BCUT2D eigenvalue weighted by atomic mass is 19.4. The van der Waals surface area contributed by atoms with Crippen LogP contribution in [0.25, 0.3) is 27.8 Å². The molecule has 0 bridgehead atoms. The average molecular weight is 464 g/mol. The minimum atomic E-state index is -4.62. The van der Waals surface area contributed by atoms with Gasteiger partial charge in [-0.15, -0.1) is 13.2 Å². The zero-order valence-corrected chi connectivity index (χ0v) is 17.2. The van der Waals surface area contributed by atoms with Gasteiger partial charge < -0.3 is 15.4 Å². The van der Waals surface area contributed by atoms with Gasteiger partial charge in [0.1, 0.15) is 5.65 Å². The fourth-order valence-electron chi connectivity index (χ4n) is 4.27. The maximum absolute atomic E-state index is 14.5. The van der Waals surface area contributed by atoms with Crippen molar-refractivity contribution >= 4 is 22.6 Å². The summed E-state index contributed by atoms with van der Waals surface area (Å²) >= 11 is 0. The molecule has 1 aliphatic rings. The van der Waals surface area contributed by atoms with Crippen LogP contribution in [0.2, 0.25) is 0 Å². The van der Waals surface area contributed by atoms with Gasteiger partial charge in [-0.05, 0) is 31.7 Å². The highest BCUT2D eigenvalue weighted by Gasteiger charge is 2.35. The summed E-state index contributed by atoms with van der Waals surface area (Å²) in [5, 5.41) is 13.3. The number of imidazole rings is 1. The molecule has 4 aromatic heterocycles. The minimum absolute atomic E-state index is 0.0559. The van der Waals surface area contributed by atoms with Crippen LogP contribution in [0.3, 0.4) is 0 Å². The predicted molar refractivity (Wildman–Crippen MR) is 111 cm³/mol. The van der Waals surface area contributed by atoms with Crippen LogP contribution in [0.4, 0.5) is 23.5 Å². The van der Waals surface area contributed by atoms with E-state index in [1.165, 1.54) is 16.7 Å². The number of H-pyrrole nitrogens is 1. The van der Waals surface area contributed by atoms with Gasteiger partial charge in [-0.25, -0.2) is 14.4 Å². The van der Waals surface area contributed by atoms with Crippen LogP contribution in [0.15, 0.2) is 30.9 Å². The Morgan fingerprint density at radius 3 is 2.70 bits per heavy atom. The molecular weight excluding hydrogens is 444 g/mol. The number of nitrogens with zero attached hydrogens (tertiary/aromatic N) is 4. The third-order valence-electron chi connectivity index (χ3n) is 5.85. The molecule has 1 saturated carbocycles. The third-order valence-corrected chi connectivity index (χ3v) is 5.85. The standard InChI is InChI=1S/C21H20F4N6O2/c22-17-5-11(9-31-13(10-32)6-27-19(17)31)15-7-26-18-16(15)8-28-20(30-18)29-12-1-3-14(4-2-12)33-21(23,24)25/h5-9,12,14,32H,1-4,10H2,(H2,26,28,29,30). The Morgan fingerprint density at radius 2 is 1.97 bits per heavy atom. The van der Waals surface area contributed by atoms with Crippen LogP contribution in [0, 0.1) is 5.82 Å². The van der Waals surface area contributed by atoms with E-state index in [0.29, 0.717) is 59.5 Å². The van der Waals surface area contributed by atoms with Gasteiger partial charge in [0.15, 0.2) is 11.5 Å². The van der Waals surface area contributed by atoms with Crippen LogP contribution in [0.5, 0.6) is 0 Å². The maximum atomic E-state index is 14.5. The quantitative estimate of drug-likeness (QED) is 0.384. The molecule has 0 unspecified atom stereocenters. The Hall–Kier alpha value is -3.25. The lowest BCUT2D eigenvalue weighted by Gasteiger charge is -2.29. The van der Waals surface area contributed by atoms with Crippen molar-refractivity contribution in [3.63, 3.8) is 0 Å². The van der Waals surface area contributed by atoms with Crippen LogP contribution in [-0.4, -0.2) is 48.0 Å². The molecule has 0 saturated heterocycles. The second kappa shape index (κ2) is 8.27. The summed E-state index contributed by atoms with van der Waals surface area (Å²) in [7, 11) is 0. The Labute approximate surface area is 184 Å². The largest absolute Gasteiger partial charge is 0.522 e. The number of anilines is 1. The number of rotatable bonds is 5. The van der Waals surface area contributed by atoms with E-state index < -0.39 is 18.3 Å². The van der Waals surface area contributed by atoms with Gasteiger partial charge in [0.2, 0.25) is 5.95 Å². The molecule has 0 radical (unpaired) electrons. The molecule has 0 aliphatic heterocycles. The number of hydrogen-bond donors (Lipinski definition) is 3. The summed E-state index contributed by atoms with van der Waals surface area (Å²) in [6.45, 7) is -0.277. The Balaban J connectivity index is 1.34. The van der Waals surface area contributed by atoms with E-state index in [-0.39, 0.29) is 18.3 Å². The molecular formula is C21H20F4N6O2. The van der Waals surface area contributed by atoms with Crippen molar-refractivity contribution in [2.24, 2.45) is 0 Å². The monoisotopic (exact) mass is 464 g/mol. The van der Waals surface area contributed by atoms with Crippen LogP contribution in [0.1, 0.15) is 31.4 Å². The van der Waals surface area contributed by atoms with Gasteiger partial charge >= 0.3 is 6.36 Å². The molecule has 4 aromatic rings. The lowest BCUT2D eigenvalue weighted by atomic mass is 9.93. The maximum Gasteiger partial charge on any atom is 0.522 e. The molecule has 0 amide bonds. The smallest absolute Gasteiger partial charge is 0.390 e. The van der Waals surface area contributed by atoms with Crippen molar-refractivity contribution in [1.82, 2.24) is 24.3 Å². The van der Waals surface area contributed by atoms with Gasteiger partial charge in [-0.2, -0.15) is 4.98 Å². The third kappa shape index (κ3) is 4.35. The second-order valence-corrected chi connectivity index (χ2v) is 8.02. The number of fused-ring (bicyclic) bond motifs is 2. The van der Waals surface area contributed by atoms with Gasteiger partial charge in [-0.3, -0.25) is 9.14 Å². The molecule has 0 atom stereocenters. The van der Waals surface area contributed by atoms with Crippen molar-refractivity contribution in [2.75, 3.05) is 5.32 Å². The average Bonchev–Trinajstić information content (AvgIpc) is 3.38. The van der Waals surface area contributed by atoms with E-state index in [9.17, 15) is 22.7 Å². The number of aromatic nitrogens is 5. The number of pyridine rings is 1. The SMILES string of the molecule is OCc1cnc2c(F)cc(-c3c[nH]c4nc(NC5CCC(OC(F)(F)F)CC5)ncc34)cn12. The molecule has 33 heavy (non-hydrogen) atoms.